The minimum Gasteiger partial charge on any atom is -0.369 e. The number of likely N-dealkylation sites (tertiary alicyclic amines) is 1. The highest BCUT2D eigenvalue weighted by Gasteiger charge is 2.16. The molecule has 1 saturated heterocycles. The molecule has 0 spiro atoms. The topological polar surface area (TPSA) is 83.6 Å². The van der Waals surface area contributed by atoms with Gasteiger partial charge in [0.2, 0.25) is 5.91 Å². The highest BCUT2D eigenvalue weighted by Crippen LogP contribution is 2.36. The van der Waals surface area contributed by atoms with E-state index < -0.39 is 0 Å². The van der Waals surface area contributed by atoms with Crippen molar-refractivity contribution in [3.8, 4) is 0 Å². The number of carbonyl (C=O) groups excluding carboxylic acids is 1. The molecular formula is C23H28ClN5OS. The number of hydrogen-bond acceptors (Lipinski definition) is 4. The van der Waals surface area contributed by atoms with Gasteiger partial charge in [0.1, 0.15) is 5.82 Å². The van der Waals surface area contributed by atoms with Crippen LogP contribution in [0, 0.1) is 12.8 Å². The highest BCUT2D eigenvalue weighted by molar-refractivity contribution is 7.99. The van der Waals surface area contributed by atoms with Crippen LogP contribution in [0.5, 0.6) is 0 Å². The van der Waals surface area contributed by atoms with Crippen molar-refractivity contribution in [3.63, 3.8) is 0 Å². The van der Waals surface area contributed by atoms with Crippen molar-refractivity contribution in [3.05, 3.63) is 59.4 Å². The molecule has 2 heterocycles. The third-order valence-electron chi connectivity index (χ3n) is 5.16. The van der Waals surface area contributed by atoms with Crippen LogP contribution in [0.1, 0.15) is 31.7 Å². The van der Waals surface area contributed by atoms with Gasteiger partial charge in [-0.1, -0.05) is 41.6 Å². The van der Waals surface area contributed by atoms with Gasteiger partial charge in [-0.15, -0.1) is 0 Å². The Labute approximate surface area is 193 Å². The van der Waals surface area contributed by atoms with Crippen LogP contribution in [0.4, 0.5) is 5.82 Å². The van der Waals surface area contributed by atoms with Gasteiger partial charge in [-0.05, 0) is 55.9 Å². The molecule has 8 heteroatoms. The number of carbonyl (C=O) groups is 1. The van der Waals surface area contributed by atoms with Gasteiger partial charge < -0.3 is 16.0 Å². The first kappa shape index (κ1) is 23.2. The maximum atomic E-state index is 11.5. The second-order valence-corrected chi connectivity index (χ2v) is 9.03. The molecule has 0 aliphatic carbocycles. The van der Waals surface area contributed by atoms with Crippen LogP contribution in [0.15, 0.2) is 63.6 Å². The molecule has 3 rings (SSSR count). The molecule has 6 nitrogen and oxygen atoms in total. The maximum absolute atomic E-state index is 11.5. The van der Waals surface area contributed by atoms with Crippen molar-refractivity contribution in [2.24, 2.45) is 16.6 Å². The van der Waals surface area contributed by atoms with E-state index in [1.54, 1.807) is 31.1 Å². The number of halogens is 1. The SMILES string of the molecule is CC(=O)N1CCCC(/C=C/N=C(N)Nc2cc(Sc3c(C)cccc3Cl)ccn2)CC1. The Kier molecular flexibility index (Phi) is 8.37. The van der Waals surface area contributed by atoms with Gasteiger partial charge >= 0.3 is 0 Å². The van der Waals surface area contributed by atoms with Gasteiger partial charge in [0.05, 0.1) is 5.02 Å². The first-order chi connectivity index (χ1) is 14.9. The number of nitrogens with zero attached hydrogens (tertiary/aromatic N) is 3. The van der Waals surface area contributed by atoms with Crippen molar-refractivity contribution in [1.29, 1.82) is 0 Å². The van der Waals surface area contributed by atoms with Gasteiger partial charge in [-0.25, -0.2) is 9.98 Å². The number of allylic oxidation sites excluding steroid dienone is 1. The summed E-state index contributed by atoms with van der Waals surface area (Å²) in [6, 6.07) is 9.72. The first-order valence-corrected chi connectivity index (χ1v) is 11.5. The molecule has 164 valence electrons. The van der Waals surface area contributed by atoms with E-state index in [4.69, 9.17) is 17.3 Å². The normalized spacial score (nSPS) is 17.6. The quantitative estimate of drug-likeness (QED) is 0.483. The molecule has 0 bridgehead atoms. The number of rotatable bonds is 5. The lowest BCUT2D eigenvalue weighted by molar-refractivity contribution is -0.128. The number of aromatic nitrogens is 1. The minimum absolute atomic E-state index is 0.147. The van der Waals surface area contributed by atoms with Crippen molar-refractivity contribution in [1.82, 2.24) is 9.88 Å². The number of aliphatic imine (C=N–C) groups is 1. The maximum Gasteiger partial charge on any atom is 0.219 e. The predicted molar refractivity (Wildman–Crippen MR) is 129 cm³/mol. The Morgan fingerprint density at radius 1 is 1.35 bits per heavy atom. The molecule has 1 aliphatic heterocycles. The van der Waals surface area contributed by atoms with Gasteiger partial charge in [0.15, 0.2) is 5.96 Å². The van der Waals surface area contributed by atoms with Gasteiger partial charge in [-0.2, -0.15) is 0 Å². The molecule has 2 aromatic rings. The minimum atomic E-state index is 0.147. The zero-order chi connectivity index (χ0) is 22.2. The van der Waals surface area contributed by atoms with Crippen LogP contribution in [0.25, 0.3) is 0 Å². The van der Waals surface area contributed by atoms with E-state index in [0.717, 1.165) is 52.7 Å². The number of hydrogen-bond donors (Lipinski definition) is 2. The lowest BCUT2D eigenvalue weighted by Crippen LogP contribution is -2.29. The Hall–Kier alpha value is -2.51. The summed E-state index contributed by atoms with van der Waals surface area (Å²) >= 11 is 7.93. The summed E-state index contributed by atoms with van der Waals surface area (Å²) in [6.07, 6.45) is 8.53. The summed E-state index contributed by atoms with van der Waals surface area (Å²) in [7, 11) is 0. The Morgan fingerprint density at radius 2 is 2.19 bits per heavy atom. The van der Waals surface area contributed by atoms with E-state index in [2.05, 4.69) is 21.4 Å². The summed E-state index contributed by atoms with van der Waals surface area (Å²) in [4.78, 5) is 24.1. The summed E-state index contributed by atoms with van der Waals surface area (Å²) in [5.41, 5.74) is 7.16. The molecular weight excluding hydrogens is 430 g/mol. The van der Waals surface area contributed by atoms with Crippen molar-refractivity contribution < 1.29 is 4.79 Å². The molecule has 0 saturated carbocycles. The molecule has 1 aliphatic rings. The zero-order valence-electron chi connectivity index (χ0n) is 17.8. The molecule has 3 N–H and O–H groups in total. The lowest BCUT2D eigenvalue weighted by atomic mass is 10.0. The average molecular weight is 458 g/mol. The Bertz CT molecular complexity index is 958. The fraction of sp³-hybridized carbons (Fsp3) is 0.348. The molecule has 1 aromatic heterocycles. The fourth-order valence-corrected chi connectivity index (χ4v) is 4.71. The third kappa shape index (κ3) is 7.01. The van der Waals surface area contributed by atoms with Crippen LogP contribution in [0.2, 0.25) is 5.02 Å². The van der Waals surface area contributed by atoms with Gasteiger partial charge in [0.25, 0.3) is 0 Å². The van der Waals surface area contributed by atoms with Crippen LogP contribution in [-0.2, 0) is 4.79 Å². The van der Waals surface area contributed by atoms with Crippen molar-refractivity contribution >= 4 is 41.0 Å². The number of benzene rings is 1. The van der Waals surface area contributed by atoms with Crippen LogP contribution >= 0.6 is 23.4 Å². The molecule has 0 radical (unpaired) electrons. The zero-order valence-corrected chi connectivity index (χ0v) is 19.4. The highest BCUT2D eigenvalue weighted by atomic mass is 35.5. The summed E-state index contributed by atoms with van der Waals surface area (Å²) in [5, 5.41) is 3.76. The monoisotopic (exact) mass is 457 g/mol. The van der Waals surface area contributed by atoms with E-state index in [1.165, 1.54) is 0 Å². The number of pyridine rings is 1. The van der Waals surface area contributed by atoms with Crippen LogP contribution in [0.3, 0.4) is 0 Å². The predicted octanol–water partition coefficient (Wildman–Crippen LogP) is 5.08. The van der Waals surface area contributed by atoms with Crippen molar-refractivity contribution in [2.75, 3.05) is 18.4 Å². The smallest absolute Gasteiger partial charge is 0.219 e. The van der Waals surface area contributed by atoms with Gasteiger partial charge in [0, 0.05) is 42.2 Å². The summed E-state index contributed by atoms with van der Waals surface area (Å²) < 4.78 is 0. The molecule has 1 aromatic carbocycles. The van der Waals surface area contributed by atoms with E-state index >= 15 is 0 Å². The number of anilines is 1. The van der Waals surface area contributed by atoms with E-state index in [1.807, 2.05) is 42.2 Å². The molecule has 1 amide bonds. The molecule has 31 heavy (non-hydrogen) atoms. The number of nitrogens with one attached hydrogen (secondary N) is 1. The van der Waals surface area contributed by atoms with Crippen molar-refractivity contribution in [2.45, 2.75) is 42.9 Å². The number of amides is 1. The molecule has 1 atom stereocenters. The second-order valence-electron chi connectivity index (χ2n) is 7.54. The first-order valence-electron chi connectivity index (χ1n) is 10.3. The van der Waals surface area contributed by atoms with Crippen LogP contribution < -0.4 is 11.1 Å². The lowest BCUT2D eigenvalue weighted by Gasteiger charge is -2.17. The summed E-state index contributed by atoms with van der Waals surface area (Å²) in [5.74, 6) is 1.45. The Balaban J connectivity index is 1.58. The largest absolute Gasteiger partial charge is 0.369 e. The third-order valence-corrected chi connectivity index (χ3v) is 6.82. The number of nitrogens with two attached hydrogens (primary N) is 1. The average Bonchev–Trinajstić information content (AvgIpc) is 2.97. The number of guanidine groups is 1. The fourth-order valence-electron chi connectivity index (χ4n) is 3.44. The van der Waals surface area contributed by atoms with E-state index in [-0.39, 0.29) is 11.9 Å². The van der Waals surface area contributed by atoms with Gasteiger partial charge in [-0.3, -0.25) is 4.79 Å². The molecule has 1 unspecified atom stereocenters. The second kappa shape index (κ2) is 11.2. The Morgan fingerprint density at radius 3 is 2.97 bits per heavy atom. The standard InChI is InChI=1S/C23H28ClN5OS/c1-16-5-3-7-20(24)22(16)31-19-9-12-26-21(15-19)28-23(25)27-11-8-18-6-4-13-29(14-10-18)17(2)30/h3,5,7-9,11-12,15,18H,4,6,10,13-14H2,1-2H3,(H3,25,26,27,28)/b11-8+. The summed E-state index contributed by atoms with van der Waals surface area (Å²) in [6.45, 7) is 5.29. The van der Waals surface area contributed by atoms with Crippen LogP contribution in [-0.4, -0.2) is 34.8 Å². The van der Waals surface area contributed by atoms with E-state index in [9.17, 15) is 4.79 Å². The van der Waals surface area contributed by atoms with E-state index in [0.29, 0.717) is 11.7 Å². The number of aryl methyl sites for hydroxylation is 1. The molecule has 1 fully saturated rings.